The molecule has 0 aliphatic carbocycles. The van der Waals surface area contributed by atoms with Gasteiger partial charge in [-0.25, -0.2) is 0 Å². The zero-order valence-corrected chi connectivity index (χ0v) is 11.7. The number of nitrogens with zero attached hydrogens (tertiary/aromatic N) is 4. The number of hydrogen-bond donors (Lipinski definition) is 1. The smallest absolute Gasteiger partial charge is 0.269 e. The number of nitro benzene ring substituents is 1. The quantitative estimate of drug-likeness (QED) is 0.643. The molecule has 0 aromatic heterocycles. The van der Waals surface area contributed by atoms with E-state index in [-0.39, 0.29) is 11.1 Å². The number of rotatable bonds is 3. The van der Waals surface area contributed by atoms with Crippen molar-refractivity contribution in [3.8, 4) is 0 Å². The Balaban J connectivity index is 1.62. The Morgan fingerprint density at radius 3 is 1.95 bits per heavy atom. The topological polar surface area (TPSA) is 73.1 Å². The largest absolute Gasteiger partial charge is 0.388 e. The third-order valence-electron chi connectivity index (χ3n) is 4.82. The van der Waals surface area contributed by atoms with Crippen LogP contribution in [0.25, 0.3) is 0 Å². The van der Waals surface area contributed by atoms with Crippen molar-refractivity contribution in [2.75, 3.05) is 39.6 Å². The fourth-order valence-corrected chi connectivity index (χ4v) is 4.16. The lowest BCUT2D eigenvalue weighted by Crippen LogP contribution is -2.73. The van der Waals surface area contributed by atoms with Crippen molar-refractivity contribution < 1.29 is 10.0 Å². The first-order chi connectivity index (χ1) is 10.1. The first-order valence-electron chi connectivity index (χ1n) is 7.15. The maximum absolute atomic E-state index is 10.9. The van der Waals surface area contributed by atoms with Crippen LogP contribution < -0.4 is 0 Å². The molecule has 1 N–H and O–H groups in total. The number of aliphatic hydroxyl groups is 1. The molecule has 4 aliphatic rings. The van der Waals surface area contributed by atoms with E-state index in [2.05, 4.69) is 14.7 Å². The Morgan fingerprint density at radius 1 is 1.05 bits per heavy atom. The molecule has 5 rings (SSSR count). The van der Waals surface area contributed by atoms with Gasteiger partial charge in [0, 0.05) is 37.2 Å². The fraction of sp³-hybridized carbons (Fsp3) is 0.571. The molecule has 4 aliphatic heterocycles. The summed E-state index contributed by atoms with van der Waals surface area (Å²) in [5.41, 5.74) is 0.643. The van der Waals surface area contributed by atoms with E-state index in [0.717, 1.165) is 45.2 Å². The Labute approximate surface area is 122 Å². The summed E-state index contributed by atoms with van der Waals surface area (Å²) in [4.78, 5) is 17.4. The minimum Gasteiger partial charge on any atom is -0.388 e. The van der Waals surface area contributed by atoms with Gasteiger partial charge in [-0.3, -0.25) is 24.8 Å². The molecule has 0 unspecified atom stereocenters. The molecule has 4 saturated heterocycles. The number of nitro groups is 1. The van der Waals surface area contributed by atoms with Gasteiger partial charge in [0.25, 0.3) is 5.69 Å². The summed E-state index contributed by atoms with van der Waals surface area (Å²) in [6.07, 6.45) is -0.591. The van der Waals surface area contributed by atoms with Crippen LogP contribution >= 0.6 is 0 Å². The van der Waals surface area contributed by atoms with Crippen LogP contribution in [-0.4, -0.2) is 64.4 Å². The van der Waals surface area contributed by atoms with Gasteiger partial charge in [0.05, 0.1) is 31.0 Å². The molecule has 1 aromatic carbocycles. The standard InChI is InChI=1S/C14H18N4O3/c19-13(11-1-3-12(4-2-11)18(20)21)14-5-15-8-16(6-14)10-17(7-14)9-15/h1-4,13,19H,5-10H2/t13-/m0/s1. The van der Waals surface area contributed by atoms with Gasteiger partial charge >= 0.3 is 0 Å². The summed E-state index contributed by atoms with van der Waals surface area (Å²) in [7, 11) is 0. The van der Waals surface area contributed by atoms with Crippen molar-refractivity contribution in [3.05, 3.63) is 39.9 Å². The predicted octanol–water partition coefficient (Wildman–Crippen LogP) is 0.434. The number of benzene rings is 1. The lowest BCUT2D eigenvalue weighted by Gasteiger charge is -2.61. The van der Waals surface area contributed by atoms with Crippen LogP contribution in [0.2, 0.25) is 0 Å². The molecule has 7 nitrogen and oxygen atoms in total. The Bertz CT molecular complexity index is 539. The van der Waals surface area contributed by atoms with E-state index in [1.807, 2.05) is 0 Å². The summed E-state index contributed by atoms with van der Waals surface area (Å²) < 4.78 is 0. The van der Waals surface area contributed by atoms with Crippen molar-refractivity contribution in [1.29, 1.82) is 0 Å². The summed E-state index contributed by atoms with van der Waals surface area (Å²) in [6.45, 7) is 5.59. The van der Waals surface area contributed by atoms with E-state index >= 15 is 0 Å². The highest BCUT2D eigenvalue weighted by Crippen LogP contribution is 2.44. The van der Waals surface area contributed by atoms with Crippen molar-refractivity contribution in [3.63, 3.8) is 0 Å². The van der Waals surface area contributed by atoms with Crippen molar-refractivity contribution >= 4 is 5.69 Å². The van der Waals surface area contributed by atoms with E-state index < -0.39 is 11.0 Å². The second-order valence-electron chi connectivity index (χ2n) is 6.52. The van der Waals surface area contributed by atoms with Crippen LogP contribution in [0.4, 0.5) is 5.69 Å². The highest BCUT2D eigenvalue weighted by atomic mass is 16.6. The third kappa shape index (κ3) is 2.04. The zero-order chi connectivity index (χ0) is 14.6. The van der Waals surface area contributed by atoms with E-state index in [9.17, 15) is 15.2 Å². The Kier molecular flexibility index (Phi) is 2.80. The van der Waals surface area contributed by atoms with E-state index in [1.54, 1.807) is 12.1 Å². The average Bonchev–Trinajstić information content (AvgIpc) is 2.45. The fourth-order valence-electron chi connectivity index (χ4n) is 4.16. The molecule has 0 saturated carbocycles. The first-order valence-corrected chi connectivity index (χ1v) is 7.15. The van der Waals surface area contributed by atoms with Gasteiger partial charge < -0.3 is 5.11 Å². The van der Waals surface area contributed by atoms with Crippen LogP contribution in [0, 0.1) is 15.5 Å². The summed E-state index contributed by atoms with van der Waals surface area (Å²) in [6, 6.07) is 6.31. The molecule has 112 valence electrons. The lowest BCUT2D eigenvalue weighted by atomic mass is 9.74. The molecule has 4 bridgehead atoms. The zero-order valence-electron chi connectivity index (χ0n) is 11.7. The second-order valence-corrected chi connectivity index (χ2v) is 6.52. The van der Waals surface area contributed by atoms with Crippen LogP contribution in [0.5, 0.6) is 0 Å². The SMILES string of the molecule is O=[N+]([O-])c1ccc([C@H](O)C23CN4CN(CN(C4)C2)C3)cc1. The van der Waals surface area contributed by atoms with Crippen LogP contribution in [0.1, 0.15) is 11.7 Å². The monoisotopic (exact) mass is 290 g/mol. The van der Waals surface area contributed by atoms with Gasteiger partial charge in [-0.15, -0.1) is 0 Å². The molecule has 1 atom stereocenters. The first kappa shape index (κ1) is 13.1. The van der Waals surface area contributed by atoms with E-state index in [0.29, 0.717) is 0 Å². The highest BCUT2D eigenvalue weighted by molar-refractivity contribution is 5.34. The lowest BCUT2D eigenvalue weighted by molar-refractivity contribution is -0.384. The second kappa shape index (κ2) is 4.48. The molecule has 0 radical (unpaired) electrons. The maximum atomic E-state index is 10.9. The Morgan fingerprint density at radius 2 is 1.52 bits per heavy atom. The molecular weight excluding hydrogens is 272 g/mol. The van der Waals surface area contributed by atoms with Gasteiger partial charge in [0.1, 0.15) is 0 Å². The van der Waals surface area contributed by atoms with Gasteiger partial charge in [0.2, 0.25) is 0 Å². The summed E-state index contributed by atoms with van der Waals surface area (Å²) in [5.74, 6) is 0. The average molecular weight is 290 g/mol. The summed E-state index contributed by atoms with van der Waals surface area (Å²) >= 11 is 0. The van der Waals surface area contributed by atoms with Crippen molar-refractivity contribution in [2.45, 2.75) is 6.10 Å². The third-order valence-corrected chi connectivity index (χ3v) is 4.82. The maximum Gasteiger partial charge on any atom is 0.269 e. The molecule has 4 fully saturated rings. The molecule has 4 heterocycles. The Hall–Kier alpha value is -1.54. The van der Waals surface area contributed by atoms with Gasteiger partial charge in [-0.05, 0) is 17.7 Å². The van der Waals surface area contributed by atoms with Crippen LogP contribution in [-0.2, 0) is 0 Å². The number of non-ortho nitro benzene ring substituents is 1. The highest BCUT2D eigenvalue weighted by Gasteiger charge is 2.52. The number of hydrogen-bond acceptors (Lipinski definition) is 6. The molecule has 7 heteroatoms. The normalized spacial score (nSPS) is 38.4. The minimum absolute atomic E-state index is 0.0627. The molecular formula is C14H18N4O3. The molecule has 1 aromatic rings. The van der Waals surface area contributed by atoms with Crippen LogP contribution in [0.3, 0.4) is 0 Å². The van der Waals surface area contributed by atoms with Crippen LogP contribution in [0.15, 0.2) is 24.3 Å². The minimum atomic E-state index is -0.591. The van der Waals surface area contributed by atoms with Crippen molar-refractivity contribution in [2.24, 2.45) is 5.41 Å². The molecule has 21 heavy (non-hydrogen) atoms. The molecule has 0 amide bonds. The number of aliphatic hydroxyl groups excluding tert-OH is 1. The predicted molar refractivity (Wildman–Crippen MR) is 75.2 cm³/mol. The summed E-state index contributed by atoms with van der Waals surface area (Å²) in [5, 5.41) is 21.6. The van der Waals surface area contributed by atoms with E-state index in [1.165, 1.54) is 12.1 Å². The van der Waals surface area contributed by atoms with Crippen molar-refractivity contribution in [1.82, 2.24) is 14.7 Å². The van der Waals surface area contributed by atoms with Gasteiger partial charge in [-0.2, -0.15) is 0 Å². The van der Waals surface area contributed by atoms with Gasteiger partial charge in [-0.1, -0.05) is 0 Å². The van der Waals surface area contributed by atoms with Gasteiger partial charge in [0.15, 0.2) is 0 Å². The van der Waals surface area contributed by atoms with E-state index in [4.69, 9.17) is 0 Å². The molecule has 0 spiro atoms.